The summed E-state index contributed by atoms with van der Waals surface area (Å²) in [5.74, 6) is 0.459. The lowest BCUT2D eigenvalue weighted by atomic mass is 10.0. The molecule has 0 saturated heterocycles. The van der Waals surface area contributed by atoms with Gasteiger partial charge in [0.2, 0.25) is 10.0 Å². The lowest BCUT2D eigenvalue weighted by Crippen LogP contribution is -2.41. The molecule has 0 unspecified atom stereocenters. The van der Waals surface area contributed by atoms with Crippen LogP contribution in [0.3, 0.4) is 0 Å². The lowest BCUT2D eigenvalue weighted by molar-refractivity contribution is -0.119. The third-order valence-corrected chi connectivity index (χ3v) is 7.54. The molecule has 1 N–H and O–H groups in total. The maximum Gasteiger partial charge on any atom is 0.251 e. The van der Waals surface area contributed by atoms with Crippen LogP contribution in [0.25, 0.3) is 0 Å². The first-order chi connectivity index (χ1) is 10.6. The second-order valence-electron chi connectivity index (χ2n) is 5.97. The standard InChI is InChI=1S/C16H21NO3S2/c18-16(17-22(19,20)13-7-2-1-3-8-13)15-14-9-5-4-6-12(14)10-11-21-15/h4-6,9,13,15H,1-3,7-8,10-11H2,(H,17,18)/t15-/m1/s1. The summed E-state index contributed by atoms with van der Waals surface area (Å²) in [5, 5.41) is -0.822. The molecule has 0 radical (unpaired) electrons. The molecule has 4 nitrogen and oxygen atoms in total. The molecule has 0 spiro atoms. The van der Waals surface area contributed by atoms with Crippen LogP contribution in [0.2, 0.25) is 0 Å². The predicted molar refractivity (Wildman–Crippen MR) is 89.3 cm³/mol. The third-order valence-electron chi connectivity index (χ3n) is 4.47. The van der Waals surface area contributed by atoms with Crippen molar-refractivity contribution in [2.75, 3.05) is 5.75 Å². The molecule has 22 heavy (non-hydrogen) atoms. The van der Waals surface area contributed by atoms with Crippen molar-refractivity contribution in [2.24, 2.45) is 0 Å². The number of thioether (sulfide) groups is 1. The Hall–Kier alpha value is -1.01. The van der Waals surface area contributed by atoms with E-state index >= 15 is 0 Å². The van der Waals surface area contributed by atoms with E-state index in [1.807, 2.05) is 24.3 Å². The van der Waals surface area contributed by atoms with Gasteiger partial charge in [-0.05, 0) is 36.1 Å². The maximum absolute atomic E-state index is 12.5. The molecule has 1 amide bonds. The molecular weight excluding hydrogens is 318 g/mol. The zero-order valence-corrected chi connectivity index (χ0v) is 14.1. The number of hydrogen-bond acceptors (Lipinski definition) is 4. The van der Waals surface area contributed by atoms with E-state index in [1.54, 1.807) is 0 Å². The Labute approximate surface area is 136 Å². The van der Waals surface area contributed by atoms with Crippen LogP contribution >= 0.6 is 11.8 Å². The smallest absolute Gasteiger partial charge is 0.251 e. The van der Waals surface area contributed by atoms with Gasteiger partial charge in [-0.25, -0.2) is 8.42 Å². The van der Waals surface area contributed by atoms with Gasteiger partial charge >= 0.3 is 0 Å². The van der Waals surface area contributed by atoms with Crippen molar-refractivity contribution < 1.29 is 13.2 Å². The van der Waals surface area contributed by atoms with Crippen LogP contribution < -0.4 is 4.72 Å². The number of nitrogens with one attached hydrogen (secondary N) is 1. The average Bonchev–Trinajstić information content (AvgIpc) is 2.54. The summed E-state index contributed by atoms with van der Waals surface area (Å²) in [6, 6.07) is 7.81. The molecule has 0 aromatic heterocycles. The van der Waals surface area contributed by atoms with Gasteiger partial charge in [-0.1, -0.05) is 43.5 Å². The molecule has 0 bridgehead atoms. The molecule has 1 aromatic carbocycles. The van der Waals surface area contributed by atoms with Gasteiger partial charge in [-0.15, -0.1) is 11.8 Å². The van der Waals surface area contributed by atoms with E-state index in [1.165, 1.54) is 11.8 Å². The molecule has 1 aromatic rings. The lowest BCUT2D eigenvalue weighted by Gasteiger charge is -2.26. The maximum atomic E-state index is 12.5. The van der Waals surface area contributed by atoms with Crippen molar-refractivity contribution in [3.63, 3.8) is 0 Å². The van der Waals surface area contributed by atoms with Crippen molar-refractivity contribution in [2.45, 2.75) is 49.0 Å². The van der Waals surface area contributed by atoms with E-state index in [0.29, 0.717) is 12.8 Å². The highest BCUT2D eigenvalue weighted by Gasteiger charge is 2.33. The Bertz CT molecular complexity index is 651. The average molecular weight is 339 g/mol. The molecule has 1 saturated carbocycles. The monoisotopic (exact) mass is 339 g/mol. The Morgan fingerprint density at radius 3 is 2.64 bits per heavy atom. The molecule has 1 fully saturated rings. The Kier molecular flexibility index (Phi) is 4.78. The van der Waals surface area contributed by atoms with Gasteiger partial charge in [0.15, 0.2) is 0 Å². The number of carbonyl (C=O) groups is 1. The van der Waals surface area contributed by atoms with Crippen molar-refractivity contribution in [1.82, 2.24) is 4.72 Å². The van der Waals surface area contributed by atoms with Crippen LogP contribution in [0.4, 0.5) is 0 Å². The summed E-state index contributed by atoms with van der Waals surface area (Å²) in [6.45, 7) is 0. The quantitative estimate of drug-likeness (QED) is 0.920. The van der Waals surface area contributed by atoms with Gasteiger partial charge < -0.3 is 0 Å². The van der Waals surface area contributed by atoms with Gasteiger partial charge in [0.1, 0.15) is 5.25 Å². The van der Waals surface area contributed by atoms with Crippen molar-refractivity contribution in [3.8, 4) is 0 Å². The summed E-state index contributed by atoms with van der Waals surface area (Å²) < 4.78 is 27.2. The molecule has 1 aliphatic carbocycles. The molecule has 1 atom stereocenters. The highest BCUT2D eigenvalue weighted by molar-refractivity contribution is 8.00. The molecule has 1 heterocycles. The van der Waals surface area contributed by atoms with Gasteiger partial charge in [-0.2, -0.15) is 0 Å². The fraction of sp³-hybridized carbons (Fsp3) is 0.562. The number of aryl methyl sites for hydroxylation is 1. The van der Waals surface area contributed by atoms with Gasteiger partial charge in [0, 0.05) is 0 Å². The van der Waals surface area contributed by atoms with Crippen LogP contribution in [-0.2, 0) is 21.2 Å². The molecular formula is C16H21NO3S2. The molecule has 6 heteroatoms. The second-order valence-corrected chi connectivity index (χ2v) is 9.14. The van der Waals surface area contributed by atoms with E-state index in [9.17, 15) is 13.2 Å². The first kappa shape index (κ1) is 15.9. The van der Waals surface area contributed by atoms with E-state index in [2.05, 4.69) is 4.72 Å². The number of sulfonamides is 1. The Morgan fingerprint density at radius 1 is 1.14 bits per heavy atom. The van der Waals surface area contributed by atoms with Crippen molar-refractivity contribution in [1.29, 1.82) is 0 Å². The van der Waals surface area contributed by atoms with E-state index < -0.39 is 20.5 Å². The topological polar surface area (TPSA) is 63.2 Å². The number of benzene rings is 1. The summed E-state index contributed by atoms with van der Waals surface area (Å²) in [5.41, 5.74) is 2.10. The number of amides is 1. The number of hydrogen-bond donors (Lipinski definition) is 1. The zero-order valence-electron chi connectivity index (χ0n) is 12.5. The first-order valence-corrected chi connectivity index (χ1v) is 10.4. The zero-order chi connectivity index (χ0) is 15.6. The minimum Gasteiger partial charge on any atom is -0.272 e. The molecule has 3 rings (SSSR count). The Morgan fingerprint density at radius 2 is 1.86 bits per heavy atom. The minimum atomic E-state index is -3.55. The van der Waals surface area contributed by atoms with E-state index in [0.717, 1.165) is 42.6 Å². The summed E-state index contributed by atoms with van der Waals surface area (Å²) in [7, 11) is -3.55. The fourth-order valence-corrected chi connectivity index (χ4v) is 6.05. The highest BCUT2D eigenvalue weighted by Crippen LogP contribution is 2.37. The second kappa shape index (κ2) is 6.62. The largest absolute Gasteiger partial charge is 0.272 e. The molecule has 120 valence electrons. The van der Waals surface area contributed by atoms with Crippen LogP contribution in [0.5, 0.6) is 0 Å². The normalized spacial score (nSPS) is 22.8. The van der Waals surface area contributed by atoms with Crippen LogP contribution in [0.1, 0.15) is 48.5 Å². The SMILES string of the molecule is O=C(NS(=O)(=O)C1CCCCC1)[C@@H]1SCCc2ccccc21. The van der Waals surface area contributed by atoms with Gasteiger partial charge in [0.05, 0.1) is 5.25 Å². The minimum absolute atomic E-state index is 0.386. The Balaban J connectivity index is 1.75. The van der Waals surface area contributed by atoms with Crippen LogP contribution in [-0.4, -0.2) is 25.3 Å². The van der Waals surface area contributed by atoms with Gasteiger partial charge in [-0.3, -0.25) is 9.52 Å². The molecule has 1 aliphatic heterocycles. The van der Waals surface area contributed by atoms with E-state index in [4.69, 9.17) is 0 Å². The summed E-state index contributed by atoms with van der Waals surface area (Å²) in [6.07, 6.45) is 5.21. The highest BCUT2D eigenvalue weighted by atomic mass is 32.2. The third kappa shape index (κ3) is 3.33. The van der Waals surface area contributed by atoms with Crippen molar-refractivity contribution in [3.05, 3.63) is 35.4 Å². The van der Waals surface area contributed by atoms with Gasteiger partial charge in [0.25, 0.3) is 5.91 Å². The summed E-state index contributed by atoms with van der Waals surface area (Å²) >= 11 is 1.52. The van der Waals surface area contributed by atoms with E-state index in [-0.39, 0.29) is 5.91 Å². The predicted octanol–water partition coefficient (Wildman–Crippen LogP) is 2.80. The van der Waals surface area contributed by atoms with Crippen LogP contribution in [0, 0.1) is 0 Å². The van der Waals surface area contributed by atoms with Crippen molar-refractivity contribution >= 4 is 27.7 Å². The first-order valence-electron chi connectivity index (χ1n) is 7.83. The number of rotatable bonds is 3. The molecule has 2 aliphatic rings. The van der Waals surface area contributed by atoms with Crippen LogP contribution in [0.15, 0.2) is 24.3 Å². The number of fused-ring (bicyclic) bond motifs is 1. The summed E-state index contributed by atoms with van der Waals surface area (Å²) in [4.78, 5) is 12.5. The fourth-order valence-electron chi connectivity index (χ4n) is 3.26. The number of carbonyl (C=O) groups excluding carboxylic acids is 1.